The highest BCUT2D eigenvalue weighted by molar-refractivity contribution is 5.73. The van der Waals surface area contributed by atoms with E-state index in [0.29, 0.717) is 18.0 Å². The molecule has 0 saturated carbocycles. The van der Waals surface area contributed by atoms with Crippen molar-refractivity contribution in [1.82, 2.24) is 4.90 Å². The maximum Gasteiger partial charge on any atom is 0.320 e. The molecule has 0 amide bonds. The Bertz CT molecular complexity index is 562. The third kappa shape index (κ3) is 3.62. The van der Waals surface area contributed by atoms with Crippen LogP contribution in [0.3, 0.4) is 0 Å². The van der Waals surface area contributed by atoms with Crippen LogP contribution in [0, 0.1) is 24.2 Å². The monoisotopic (exact) mass is 286 g/mol. The van der Waals surface area contributed by atoms with Crippen LogP contribution in [-0.2, 0) is 11.3 Å². The molecule has 1 aliphatic rings. The number of carboxylic acids is 1. The molecule has 112 valence electrons. The number of aryl methyl sites for hydroxylation is 1. The fourth-order valence-corrected chi connectivity index (χ4v) is 3.07. The first-order chi connectivity index (χ1) is 10.0. The third-order valence-corrected chi connectivity index (χ3v) is 4.53. The predicted octanol–water partition coefficient (Wildman–Crippen LogP) is 2.94. The van der Waals surface area contributed by atoms with Gasteiger partial charge in [-0.25, -0.2) is 0 Å². The van der Waals surface area contributed by atoms with Crippen LogP contribution in [0.1, 0.15) is 42.9 Å². The summed E-state index contributed by atoms with van der Waals surface area (Å²) in [6, 6.07) is 7.35. The Labute approximate surface area is 126 Å². The van der Waals surface area contributed by atoms with Crippen molar-refractivity contribution in [3.05, 3.63) is 34.9 Å². The van der Waals surface area contributed by atoms with Gasteiger partial charge < -0.3 is 5.11 Å². The van der Waals surface area contributed by atoms with Crippen molar-refractivity contribution in [1.29, 1.82) is 5.26 Å². The topological polar surface area (TPSA) is 64.3 Å². The standard InChI is InChI=1S/C17H22N2O2/c1-3-13-6-7-19(16(9-13)17(20)21)11-15-5-4-14(10-18)8-12(15)2/h4-5,8,13,16H,3,6-7,9,11H2,1-2H3,(H,20,21). The minimum atomic E-state index is -0.723. The maximum absolute atomic E-state index is 11.5. The number of aliphatic carboxylic acids is 1. The molecule has 1 N–H and O–H groups in total. The summed E-state index contributed by atoms with van der Waals surface area (Å²) in [7, 11) is 0. The van der Waals surface area contributed by atoms with E-state index in [2.05, 4.69) is 17.9 Å². The van der Waals surface area contributed by atoms with Crippen molar-refractivity contribution in [2.75, 3.05) is 6.54 Å². The predicted molar refractivity (Wildman–Crippen MR) is 80.7 cm³/mol. The van der Waals surface area contributed by atoms with Crippen LogP contribution in [0.4, 0.5) is 0 Å². The van der Waals surface area contributed by atoms with Crippen LogP contribution in [0.5, 0.6) is 0 Å². The molecule has 2 unspecified atom stereocenters. The fourth-order valence-electron chi connectivity index (χ4n) is 3.07. The van der Waals surface area contributed by atoms with Gasteiger partial charge in [0.1, 0.15) is 6.04 Å². The van der Waals surface area contributed by atoms with Crippen LogP contribution in [0.15, 0.2) is 18.2 Å². The van der Waals surface area contributed by atoms with Crippen LogP contribution >= 0.6 is 0 Å². The number of nitriles is 1. The number of hydrogen-bond acceptors (Lipinski definition) is 3. The molecule has 1 saturated heterocycles. The second-order valence-corrected chi connectivity index (χ2v) is 5.88. The van der Waals surface area contributed by atoms with Gasteiger partial charge in [-0.3, -0.25) is 9.69 Å². The molecular weight excluding hydrogens is 264 g/mol. The van der Waals surface area contributed by atoms with Crippen molar-refractivity contribution in [3.63, 3.8) is 0 Å². The van der Waals surface area contributed by atoms with E-state index in [1.54, 1.807) is 6.07 Å². The van der Waals surface area contributed by atoms with Gasteiger partial charge in [0, 0.05) is 6.54 Å². The van der Waals surface area contributed by atoms with Crippen molar-refractivity contribution >= 4 is 5.97 Å². The van der Waals surface area contributed by atoms with Gasteiger partial charge in [-0.15, -0.1) is 0 Å². The van der Waals surface area contributed by atoms with E-state index in [9.17, 15) is 9.90 Å². The molecular formula is C17H22N2O2. The molecule has 2 atom stereocenters. The largest absolute Gasteiger partial charge is 0.480 e. The molecule has 0 bridgehead atoms. The highest BCUT2D eigenvalue weighted by Crippen LogP contribution is 2.27. The van der Waals surface area contributed by atoms with Gasteiger partial charge in [0.05, 0.1) is 11.6 Å². The number of hydrogen-bond donors (Lipinski definition) is 1. The normalized spacial score (nSPS) is 22.7. The lowest BCUT2D eigenvalue weighted by Crippen LogP contribution is -2.46. The average molecular weight is 286 g/mol. The molecule has 0 aromatic heterocycles. The first-order valence-electron chi connectivity index (χ1n) is 7.51. The highest BCUT2D eigenvalue weighted by atomic mass is 16.4. The Morgan fingerprint density at radius 1 is 1.52 bits per heavy atom. The summed E-state index contributed by atoms with van der Waals surface area (Å²) in [5.41, 5.74) is 2.81. The SMILES string of the molecule is CCC1CCN(Cc2ccc(C#N)cc2C)C(C(=O)O)C1. The molecule has 0 aliphatic carbocycles. The summed E-state index contributed by atoms with van der Waals surface area (Å²) >= 11 is 0. The summed E-state index contributed by atoms with van der Waals surface area (Å²) in [4.78, 5) is 13.6. The summed E-state index contributed by atoms with van der Waals surface area (Å²) in [6.07, 6.45) is 2.85. The minimum absolute atomic E-state index is 0.390. The first-order valence-corrected chi connectivity index (χ1v) is 7.51. The van der Waals surface area contributed by atoms with E-state index in [1.807, 2.05) is 19.1 Å². The number of carbonyl (C=O) groups is 1. The van der Waals surface area contributed by atoms with Gasteiger partial charge in [0.25, 0.3) is 0 Å². The van der Waals surface area contributed by atoms with Crippen LogP contribution in [0.2, 0.25) is 0 Å². The Morgan fingerprint density at radius 2 is 2.29 bits per heavy atom. The van der Waals surface area contributed by atoms with Crippen LogP contribution in [0.25, 0.3) is 0 Å². The molecule has 1 heterocycles. The number of benzene rings is 1. The Hall–Kier alpha value is -1.86. The average Bonchev–Trinajstić information content (AvgIpc) is 2.49. The van der Waals surface area contributed by atoms with E-state index >= 15 is 0 Å². The molecule has 0 spiro atoms. The molecule has 0 radical (unpaired) electrons. The zero-order valence-electron chi connectivity index (χ0n) is 12.7. The second kappa shape index (κ2) is 6.73. The zero-order valence-corrected chi connectivity index (χ0v) is 12.7. The maximum atomic E-state index is 11.5. The number of likely N-dealkylation sites (tertiary alicyclic amines) is 1. The van der Waals surface area contributed by atoms with Crippen molar-refractivity contribution in [2.45, 2.75) is 45.7 Å². The fraction of sp³-hybridized carbons (Fsp3) is 0.529. The van der Waals surface area contributed by atoms with E-state index < -0.39 is 12.0 Å². The van der Waals surface area contributed by atoms with Gasteiger partial charge in [-0.05, 0) is 55.5 Å². The Balaban J connectivity index is 2.14. The van der Waals surface area contributed by atoms with E-state index in [0.717, 1.165) is 36.9 Å². The number of nitrogens with zero attached hydrogens (tertiary/aromatic N) is 2. The summed E-state index contributed by atoms with van der Waals surface area (Å²) < 4.78 is 0. The van der Waals surface area contributed by atoms with Gasteiger partial charge in [-0.2, -0.15) is 5.26 Å². The van der Waals surface area contributed by atoms with Gasteiger partial charge in [-0.1, -0.05) is 19.4 Å². The molecule has 4 nitrogen and oxygen atoms in total. The molecule has 4 heteroatoms. The summed E-state index contributed by atoms with van der Waals surface area (Å²) in [5, 5.41) is 18.4. The molecule has 1 aromatic carbocycles. The van der Waals surface area contributed by atoms with Crippen molar-refractivity contribution in [2.24, 2.45) is 5.92 Å². The lowest BCUT2D eigenvalue weighted by molar-refractivity contribution is -0.145. The molecule has 1 aromatic rings. The van der Waals surface area contributed by atoms with Crippen molar-refractivity contribution < 1.29 is 9.90 Å². The zero-order chi connectivity index (χ0) is 15.4. The molecule has 21 heavy (non-hydrogen) atoms. The summed E-state index contributed by atoms with van der Waals surface area (Å²) in [5.74, 6) is -0.205. The lowest BCUT2D eigenvalue weighted by Gasteiger charge is -2.37. The first kappa shape index (κ1) is 15.5. The highest BCUT2D eigenvalue weighted by Gasteiger charge is 2.32. The van der Waals surface area contributed by atoms with Crippen molar-refractivity contribution in [3.8, 4) is 6.07 Å². The third-order valence-electron chi connectivity index (χ3n) is 4.53. The van der Waals surface area contributed by atoms with Gasteiger partial charge in [0.2, 0.25) is 0 Å². The van der Waals surface area contributed by atoms with Crippen LogP contribution < -0.4 is 0 Å². The quantitative estimate of drug-likeness (QED) is 0.924. The van der Waals surface area contributed by atoms with Crippen LogP contribution in [-0.4, -0.2) is 28.6 Å². The van der Waals surface area contributed by atoms with E-state index in [-0.39, 0.29) is 0 Å². The second-order valence-electron chi connectivity index (χ2n) is 5.88. The molecule has 1 fully saturated rings. The summed E-state index contributed by atoms with van der Waals surface area (Å²) in [6.45, 7) is 5.58. The molecule has 2 rings (SSSR count). The number of rotatable bonds is 4. The van der Waals surface area contributed by atoms with Gasteiger partial charge >= 0.3 is 5.97 Å². The molecule has 1 aliphatic heterocycles. The smallest absolute Gasteiger partial charge is 0.320 e. The Morgan fingerprint density at radius 3 is 2.86 bits per heavy atom. The minimum Gasteiger partial charge on any atom is -0.480 e. The van der Waals surface area contributed by atoms with E-state index in [1.165, 1.54) is 0 Å². The number of carboxylic acid groups (broad SMARTS) is 1. The number of piperidine rings is 1. The van der Waals surface area contributed by atoms with E-state index in [4.69, 9.17) is 5.26 Å². The van der Waals surface area contributed by atoms with Gasteiger partial charge in [0.15, 0.2) is 0 Å². The Kier molecular flexibility index (Phi) is 4.98. The lowest BCUT2D eigenvalue weighted by atomic mass is 9.88.